The van der Waals surface area contributed by atoms with Crippen LogP contribution in [0.15, 0.2) is 0 Å². The Morgan fingerprint density at radius 3 is 2.80 bits per heavy atom. The molecule has 2 N–H and O–H groups in total. The number of nitrogens with one attached hydrogen (secondary N) is 2. The van der Waals surface area contributed by atoms with Gasteiger partial charge in [0.25, 0.3) is 0 Å². The maximum Gasteiger partial charge on any atom is 0.0933 e. The fourth-order valence-corrected chi connectivity index (χ4v) is 1.52. The second-order valence-electron chi connectivity index (χ2n) is 4.23. The van der Waals surface area contributed by atoms with Crippen molar-refractivity contribution in [2.24, 2.45) is 0 Å². The molecule has 0 aromatic rings. The van der Waals surface area contributed by atoms with Crippen molar-refractivity contribution in [2.75, 3.05) is 39.5 Å². The second-order valence-corrected chi connectivity index (χ2v) is 4.23. The first-order valence-electron chi connectivity index (χ1n) is 5.92. The molecular weight excluding hydrogens is 192 g/mol. The van der Waals surface area contributed by atoms with Gasteiger partial charge in [-0.3, -0.25) is 0 Å². The lowest BCUT2D eigenvalue weighted by atomic mass is 10.3. The van der Waals surface area contributed by atoms with E-state index >= 15 is 0 Å². The van der Waals surface area contributed by atoms with Gasteiger partial charge in [0, 0.05) is 12.6 Å². The van der Waals surface area contributed by atoms with Crippen molar-refractivity contribution in [2.45, 2.75) is 32.4 Å². The average Bonchev–Trinajstić information content (AvgIpc) is 2.24. The molecule has 1 saturated heterocycles. The van der Waals surface area contributed by atoms with Crippen molar-refractivity contribution < 1.29 is 9.47 Å². The van der Waals surface area contributed by atoms with Crippen molar-refractivity contribution >= 4 is 0 Å². The predicted octanol–water partition coefficient (Wildman–Crippen LogP) is 0.380. The van der Waals surface area contributed by atoms with Gasteiger partial charge in [-0.05, 0) is 19.5 Å². The van der Waals surface area contributed by atoms with Gasteiger partial charge >= 0.3 is 0 Å². The van der Waals surface area contributed by atoms with Crippen LogP contribution in [0.4, 0.5) is 0 Å². The van der Waals surface area contributed by atoms with Crippen molar-refractivity contribution in [1.29, 1.82) is 0 Å². The Balaban J connectivity index is 1.83. The van der Waals surface area contributed by atoms with Crippen LogP contribution in [0.25, 0.3) is 0 Å². The molecule has 0 bridgehead atoms. The summed E-state index contributed by atoms with van der Waals surface area (Å²) in [5.41, 5.74) is 0. The highest BCUT2D eigenvalue weighted by Crippen LogP contribution is 1.98. The van der Waals surface area contributed by atoms with Gasteiger partial charge in [0.1, 0.15) is 0 Å². The molecule has 15 heavy (non-hydrogen) atoms. The number of ether oxygens (including phenoxy) is 2. The van der Waals surface area contributed by atoms with Gasteiger partial charge in [-0.1, -0.05) is 13.8 Å². The molecule has 1 atom stereocenters. The molecule has 1 aliphatic heterocycles. The highest BCUT2D eigenvalue weighted by atomic mass is 16.6. The summed E-state index contributed by atoms with van der Waals surface area (Å²) in [6, 6.07) is 0.583. The molecule has 4 heteroatoms. The quantitative estimate of drug-likeness (QED) is 0.604. The summed E-state index contributed by atoms with van der Waals surface area (Å²) in [5, 5.41) is 6.77. The van der Waals surface area contributed by atoms with Crippen LogP contribution in [0.3, 0.4) is 0 Å². The fraction of sp³-hybridized carbons (Fsp3) is 1.00. The molecule has 0 amide bonds. The molecule has 1 unspecified atom stereocenters. The van der Waals surface area contributed by atoms with Gasteiger partial charge in [-0.25, -0.2) is 0 Å². The summed E-state index contributed by atoms with van der Waals surface area (Å²) >= 11 is 0. The van der Waals surface area contributed by atoms with E-state index in [9.17, 15) is 0 Å². The van der Waals surface area contributed by atoms with Crippen LogP contribution in [-0.2, 0) is 9.47 Å². The smallest absolute Gasteiger partial charge is 0.0933 e. The minimum atomic E-state index is 0.247. The average molecular weight is 216 g/mol. The van der Waals surface area contributed by atoms with E-state index in [2.05, 4.69) is 24.5 Å². The normalized spacial score (nSPS) is 22.2. The van der Waals surface area contributed by atoms with Crippen molar-refractivity contribution in [3.05, 3.63) is 0 Å². The first-order valence-corrected chi connectivity index (χ1v) is 5.92. The van der Waals surface area contributed by atoms with E-state index in [0.29, 0.717) is 6.04 Å². The molecule has 90 valence electrons. The van der Waals surface area contributed by atoms with E-state index in [1.807, 2.05) is 0 Å². The van der Waals surface area contributed by atoms with Crippen molar-refractivity contribution in [3.63, 3.8) is 0 Å². The number of hydrogen-bond acceptors (Lipinski definition) is 4. The van der Waals surface area contributed by atoms with Gasteiger partial charge in [0.2, 0.25) is 0 Å². The highest BCUT2D eigenvalue weighted by molar-refractivity contribution is 4.64. The fourth-order valence-electron chi connectivity index (χ4n) is 1.52. The molecule has 1 fully saturated rings. The topological polar surface area (TPSA) is 42.5 Å². The molecule has 1 aliphatic rings. The third kappa shape index (κ3) is 6.84. The third-order valence-corrected chi connectivity index (χ3v) is 2.34. The van der Waals surface area contributed by atoms with Crippen LogP contribution in [0.1, 0.15) is 20.3 Å². The monoisotopic (exact) mass is 216 g/mol. The highest BCUT2D eigenvalue weighted by Gasteiger charge is 2.12. The van der Waals surface area contributed by atoms with E-state index in [-0.39, 0.29) is 6.10 Å². The third-order valence-electron chi connectivity index (χ3n) is 2.34. The Morgan fingerprint density at radius 1 is 1.27 bits per heavy atom. The SMILES string of the molecule is CC(C)NCCCNCC1COCCO1. The summed E-state index contributed by atoms with van der Waals surface area (Å²) in [4.78, 5) is 0. The Morgan fingerprint density at radius 2 is 2.13 bits per heavy atom. The van der Waals surface area contributed by atoms with Gasteiger partial charge < -0.3 is 20.1 Å². The zero-order valence-corrected chi connectivity index (χ0v) is 9.92. The minimum Gasteiger partial charge on any atom is -0.376 e. The molecule has 1 heterocycles. The maximum absolute atomic E-state index is 5.52. The van der Waals surface area contributed by atoms with E-state index in [0.717, 1.165) is 45.9 Å². The van der Waals surface area contributed by atoms with Crippen LogP contribution in [-0.4, -0.2) is 51.6 Å². The van der Waals surface area contributed by atoms with Crippen LogP contribution in [0.5, 0.6) is 0 Å². The second kappa shape index (κ2) is 8.05. The Bertz CT molecular complexity index is 148. The summed E-state index contributed by atoms with van der Waals surface area (Å²) in [6.45, 7) is 9.57. The van der Waals surface area contributed by atoms with E-state index in [1.54, 1.807) is 0 Å². The molecular formula is C11H24N2O2. The molecule has 0 radical (unpaired) electrons. The van der Waals surface area contributed by atoms with Crippen molar-refractivity contribution in [3.8, 4) is 0 Å². The molecule has 0 saturated carbocycles. The molecule has 0 aliphatic carbocycles. The van der Waals surface area contributed by atoms with Crippen molar-refractivity contribution in [1.82, 2.24) is 10.6 Å². The van der Waals surface area contributed by atoms with Gasteiger partial charge in [0.05, 0.1) is 25.9 Å². The standard InChI is InChI=1S/C11H24N2O2/c1-10(2)13-5-3-4-12-8-11-9-14-6-7-15-11/h10-13H,3-9H2,1-2H3. The number of hydrogen-bond donors (Lipinski definition) is 2. The molecule has 1 rings (SSSR count). The summed E-state index contributed by atoms with van der Waals surface area (Å²) in [6.07, 6.45) is 1.41. The predicted molar refractivity (Wildman–Crippen MR) is 61.2 cm³/mol. The zero-order valence-electron chi connectivity index (χ0n) is 9.92. The first kappa shape index (κ1) is 12.9. The minimum absolute atomic E-state index is 0.247. The Hall–Kier alpha value is -0.160. The number of rotatable bonds is 7. The molecule has 0 spiro atoms. The summed E-state index contributed by atoms with van der Waals surface area (Å²) < 4.78 is 10.8. The Labute approximate surface area is 92.7 Å². The zero-order chi connectivity index (χ0) is 10.9. The maximum atomic E-state index is 5.52. The summed E-state index contributed by atoms with van der Waals surface area (Å²) in [7, 11) is 0. The van der Waals surface area contributed by atoms with Gasteiger partial charge in [-0.15, -0.1) is 0 Å². The van der Waals surface area contributed by atoms with E-state index in [1.165, 1.54) is 0 Å². The van der Waals surface area contributed by atoms with Crippen LogP contribution in [0, 0.1) is 0 Å². The first-order chi connectivity index (χ1) is 7.29. The van der Waals surface area contributed by atoms with E-state index < -0.39 is 0 Å². The Kier molecular flexibility index (Phi) is 6.92. The van der Waals surface area contributed by atoms with Crippen LogP contribution < -0.4 is 10.6 Å². The van der Waals surface area contributed by atoms with Crippen LogP contribution >= 0.6 is 0 Å². The lowest BCUT2D eigenvalue weighted by Gasteiger charge is -2.23. The largest absolute Gasteiger partial charge is 0.376 e. The van der Waals surface area contributed by atoms with Gasteiger partial charge in [-0.2, -0.15) is 0 Å². The van der Waals surface area contributed by atoms with Crippen LogP contribution in [0.2, 0.25) is 0 Å². The lowest BCUT2D eigenvalue weighted by Crippen LogP contribution is -2.38. The summed E-state index contributed by atoms with van der Waals surface area (Å²) in [5.74, 6) is 0. The molecule has 0 aromatic heterocycles. The molecule has 4 nitrogen and oxygen atoms in total. The molecule has 0 aromatic carbocycles. The van der Waals surface area contributed by atoms with Gasteiger partial charge in [0.15, 0.2) is 0 Å². The lowest BCUT2D eigenvalue weighted by molar-refractivity contribution is -0.0862. The van der Waals surface area contributed by atoms with E-state index in [4.69, 9.17) is 9.47 Å².